The number of rotatable bonds is 1. The zero-order chi connectivity index (χ0) is 10.2. The molecule has 3 nitrogen and oxygen atoms in total. The maximum atomic E-state index is 4.65. The summed E-state index contributed by atoms with van der Waals surface area (Å²) < 4.78 is 0. The van der Waals surface area contributed by atoms with Crippen LogP contribution in [0.5, 0.6) is 0 Å². The van der Waals surface area contributed by atoms with Gasteiger partial charge in [-0.1, -0.05) is 20.8 Å². The van der Waals surface area contributed by atoms with Crippen LogP contribution in [-0.4, -0.2) is 16.5 Å². The number of nitrogens with zero attached hydrogens (tertiary/aromatic N) is 1. The molecule has 1 atom stereocenters. The highest BCUT2D eigenvalue weighted by molar-refractivity contribution is 5.13. The van der Waals surface area contributed by atoms with Gasteiger partial charge in [-0.15, -0.1) is 0 Å². The van der Waals surface area contributed by atoms with Crippen LogP contribution in [0.15, 0.2) is 6.20 Å². The topological polar surface area (TPSA) is 40.7 Å². The molecule has 3 heteroatoms. The largest absolute Gasteiger partial charge is 0.347 e. The second kappa shape index (κ2) is 3.39. The Balaban J connectivity index is 2.17. The lowest BCUT2D eigenvalue weighted by atomic mass is 9.93. The van der Waals surface area contributed by atoms with Crippen LogP contribution in [0.2, 0.25) is 0 Å². The summed E-state index contributed by atoms with van der Waals surface area (Å²) in [6, 6.07) is 0.450. The average molecular weight is 193 g/mol. The van der Waals surface area contributed by atoms with Gasteiger partial charge in [-0.2, -0.15) is 0 Å². The minimum absolute atomic E-state index is 0.146. The molecule has 0 bridgehead atoms. The lowest BCUT2D eigenvalue weighted by Gasteiger charge is -2.14. The Morgan fingerprint density at radius 3 is 2.71 bits per heavy atom. The first-order valence-electron chi connectivity index (χ1n) is 5.36. The summed E-state index contributed by atoms with van der Waals surface area (Å²) in [4.78, 5) is 7.93. The lowest BCUT2D eigenvalue weighted by Crippen LogP contribution is -2.15. The molecule has 0 aromatic carbocycles. The fourth-order valence-electron chi connectivity index (χ4n) is 1.82. The molecule has 0 spiro atoms. The smallest absolute Gasteiger partial charge is 0.123 e. The van der Waals surface area contributed by atoms with Crippen LogP contribution >= 0.6 is 0 Å². The van der Waals surface area contributed by atoms with Gasteiger partial charge in [0.1, 0.15) is 5.82 Å². The van der Waals surface area contributed by atoms with Gasteiger partial charge in [0.25, 0.3) is 0 Å². The molecular weight excluding hydrogens is 174 g/mol. The van der Waals surface area contributed by atoms with Crippen LogP contribution in [0.4, 0.5) is 0 Å². The molecule has 1 saturated heterocycles. The molecule has 1 fully saturated rings. The van der Waals surface area contributed by atoms with Crippen molar-refractivity contribution in [2.24, 2.45) is 0 Å². The number of aromatic nitrogens is 2. The third-order valence-electron chi connectivity index (χ3n) is 2.76. The van der Waals surface area contributed by atoms with Crippen LogP contribution in [0.25, 0.3) is 0 Å². The molecule has 1 aliphatic heterocycles. The SMILES string of the molecule is CC(C)(C)c1c[nH]c([C@@H]2CCCN2)n1. The monoisotopic (exact) mass is 193 g/mol. The van der Waals surface area contributed by atoms with E-state index in [4.69, 9.17) is 0 Å². The summed E-state index contributed by atoms with van der Waals surface area (Å²) in [6.45, 7) is 7.69. The number of nitrogens with one attached hydrogen (secondary N) is 2. The van der Waals surface area contributed by atoms with Gasteiger partial charge in [0.15, 0.2) is 0 Å². The fraction of sp³-hybridized carbons (Fsp3) is 0.727. The molecule has 0 aliphatic carbocycles. The summed E-state index contributed by atoms with van der Waals surface area (Å²) in [6.07, 6.45) is 4.50. The molecule has 2 rings (SSSR count). The number of H-pyrrole nitrogens is 1. The van der Waals surface area contributed by atoms with E-state index in [1.54, 1.807) is 0 Å². The highest BCUT2D eigenvalue weighted by Gasteiger charge is 2.22. The predicted molar refractivity (Wildman–Crippen MR) is 57.3 cm³/mol. The van der Waals surface area contributed by atoms with E-state index in [2.05, 4.69) is 36.1 Å². The van der Waals surface area contributed by atoms with Crippen LogP contribution in [0, 0.1) is 0 Å². The second-order valence-corrected chi connectivity index (χ2v) is 5.07. The Morgan fingerprint density at radius 1 is 1.43 bits per heavy atom. The first kappa shape index (κ1) is 9.71. The molecule has 1 aromatic heterocycles. The number of hydrogen-bond acceptors (Lipinski definition) is 2. The summed E-state index contributed by atoms with van der Waals surface area (Å²) in [5.74, 6) is 1.10. The zero-order valence-electron chi connectivity index (χ0n) is 9.22. The summed E-state index contributed by atoms with van der Waals surface area (Å²) in [5, 5.41) is 3.44. The van der Waals surface area contributed by atoms with Crippen LogP contribution < -0.4 is 5.32 Å². The van der Waals surface area contributed by atoms with Crippen molar-refractivity contribution in [1.82, 2.24) is 15.3 Å². The standard InChI is InChI=1S/C11H19N3/c1-11(2,3)9-7-13-10(14-9)8-5-4-6-12-8/h7-8,12H,4-6H2,1-3H3,(H,13,14)/t8-/m0/s1. The van der Waals surface area contributed by atoms with E-state index in [1.165, 1.54) is 12.8 Å². The minimum atomic E-state index is 0.146. The minimum Gasteiger partial charge on any atom is -0.347 e. The van der Waals surface area contributed by atoms with Crippen molar-refractivity contribution < 1.29 is 0 Å². The predicted octanol–water partition coefficient (Wildman–Crippen LogP) is 2.13. The molecule has 0 amide bonds. The van der Waals surface area contributed by atoms with E-state index < -0.39 is 0 Å². The van der Waals surface area contributed by atoms with E-state index >= 15 is 0 Å². The highest BCUT2D eigenvalue weighted by atomic mass is 15.0. The third kappa shape index (κ3) is 1.82. The van der Waals surface area contributed by atoms with E-state index in [1.807, 2.05) is 6.20 Å². The molecule has 78 valence electrons. The summed E-state index contributed by atoms with van der Waals surface area (Å²) in [7, 11) is 0. The van der Waals surface area contributed by atoms with Crippen LogP contribution in [-0.2, 0) is 5.41 Å². The van der Waals surface area contributed by atoms with E-state index in [-0.39, 0.29) is 5.41 Å². The van der Waals surface area contributed by atoms with Crippen molar-refractivity contribution in [1.29, 1.82) is 0 Å². The zero-order valence-corrected chi connectivity index (χ0v) is 9.22. The highest BCUT2D eigenvalue weighted by Crippen LogP contribution is 2.24. The normalized spacial score (nSPS) is 22.9. The molecule has 14 heavy (non-hydrogen) atoms. The average Bonchev–Trinajstić information content (AvgIpc) is 2.73. The maximum Gasteiger partial charge on any atom is 0.123 e. The molecule has 2 N–H and O–H groups in total. The fourth-order valence-corrected chi connectivity index (χ4v) is 1.82. The molecule has 0 radical (unpaired) electrons. The third-order valence-corrected chi connectivity index (χ3v) is 2.76. The van der Waals surface area contributed by atoms with Gasteiger partial charge in [0.05, 0.1) is 11.7 Å². The Hall–Kier alpha value is -0.830. The van der Waals surface area contributed by atoms with Crippen molar-refractivity contribution in [2.45, 2.75) is 45.1 Å². The first-order valence-corrected chi connectivity index (χ1v) is 5.36. The van der Waals surface area contributed by atoms with E-state index in [0.717, 1.165) is 18.1 Å². The summed E-state index contributed by atoms with van der Waals surface area (Å²) in [5.41, 5.74) is 1.30. The van der Waals surface area contributed by atoms with E-state index in [9.17, 15) is 0 Å². The van der Waals surface area contributed by atoms with Crippen molar-refractivity contribution in [3.8, 4) is 0 Å². The first-order chi connectivity index (χ1) is 6.57. The van der Waals surface area contributed by atoms with Crippen LogP contribution in [0.1, 0.15) is 51.2 Å². The van der Waals surface area contributed by atoms with Crippen LogP contribution in [0.3, 0.4) is 0 Å². The van der Waals surface area contributed by atoms with Crippen molar-refractivity contribution in [3.63, 3.8) is 0 Å². The summed E-state index contributed by atoms with van der Waals surface area (Å²) >= 11 is 0. The molecule has 2 heterocycles. The Morgan fingerprint density at radius 2 is 2.21 bits per heavy atom. The van der Waals surface area contributed by atoms with Crippen molar-refractivity contribution in [3.05, 3.63) is 17.7 Å². The quantitative estimate of drug-likeness (QED) is 0.717. The van der Waals surface area contributed by atoms with Gasteiger partial charge in [-0.25, -0.2) is 4.98 Å². The Bertz CT molecular complexity index is 303. The Labute approximate surface area is 85.3 Å². The van der Waals surface area contributed by atoms with Gasteiger partial charge in [0.2, 0.25) is 0 Å². The maximum absolute atomic E-state index is 4.65. The Kier molecular flexibility index (Phi) is 2.35. The van der Waals surface area contributed by atoms with Crippen molar-refractivity contribution >= 4 is 0 Å². The number of aromatic amines is 1. The van der Waals surface area contributed by atoms with Gasteiger partial charge in [0, 0.05) is 11.6 Å². The molecule has 1 aromatic rings. The van der Waals surface area contributed by atoms with Gasteiger partial charge in [-0.3, -0.25) is 0 Å². The number of imidazole rings is 1. The second-order valence-electron chi connectivity index (χ2n) is 5.07. The number of hydrogen-bond donors (Lipinski definition) is 2. The van der Waals surface area contributed by atoms with Crippen molar-refractivity contribution in [2.75, 3.05) is 6.54 Å². The van der Waals surface area contributed by atoms with Gasteiger partial charge in [-0.05, 0) is 19.4 Å². The van der Waals surface area contributed by atoms with Gasteiger partial charge < -0.3 is 10.3 Å². The molecule has 1 aliphatic rings. The molecule has 0 saturated carbocycles. The van der Waals surface area contributed by atoms with Gasteiger partial charge >= 0.3 is 0 Å². The molecular formula is C11H19N3. The molecule has 0 unspecified atom stereocenters. The van der Waals surface area contributed by atoms with E-state index in [0.29, 0.717) is 6.04 Å². The lowest BCUT2D eigenvalue weighted by molar-refractivity contribution is 0.561.